The lowest BCUT2D eigenvalue weighted by atomic mass is 10.1. The van der Waals surface area contributed by atoms with Crippen LogP contribution in [0.2, 0.25) is 10.0 Å². The van der Waals surface area contributed by atoms with Crippen molar-refractivity contribution in [1.29, 1.82) is 0 Å². The Balaban J connectivity index is 2.35. The van der Waals surface area contributed by atoms with E-state index in [9.17, 15) is 14.9 Å². The molecule has 0 bridgehead atoms. The number of nitrogens with zero attached hydrogens (tertiary/aromatic N) is 1. The van der Waals surface area contributed by atoms with Crippen LogP contribution in [0.15, 0.2) is 30.3 Å². The lowest BCUT2D eigenvalue weighted by Crippen LogP contribution is -2.14. The molecule has 0 saturated carbocycles. The molecular formula is C15H12Cl2N2O4. The van der Waals surface area contributed by atoms with Crippen LogP contribution in [0.1, 0.15) is 15.9 Å². The smallest absolute Gasteiger partial charge is 0.269 e. The molecule has 6 nitrogen and oxygen atoms in total. The highest BCUT2D eigenvalue weighted by atomic mass is 35.5. The van der Waals surface area contributed by atoms with Crippen LogP contribution in [0.4, 0.5) is 11.4 Å². The molecule has 23 heavy (non-hydrogen) atoms. The van der Waals surface area contributed by atoms with E-state index in [4.69, 9.17) is 27.9 Å². The minimum atomic E-state index is -0.502. The van der Waals surface area contributed by atoms with Gasteiger partial charge in [0.25, 0.3) is 11.6 Å². The first kappa shape index (κ1) is 17.1. The van der Waals surface area contributed by atoms with E-state index in [0.29, 0.717) is 16.3 Å². The third-order valence-corrected chi connectivity index (χ3v) is 3.63. The lowest BCUT2D eigenvalue weighted by Gasteiger charge is -2.12. The Bertz CT molecular complexity index is 793. The van der Waals surface area contributed by atoms with Crippen molar-refractivity contribution in [3.05, 3.63) is 61.6 Å². The number of rotatable bonds is 4. The van der Waals surface area contributed by atoms with Gasteiger partial charge >= 0.3 is 0 Å². The minimum absolute atomic E-state index is 0.0520. The molecule has 2 aromatic carbocycles. The minimum Gasteiger partial charge on any atom is -0.494 e. The van der Waals surface area contributed by atoms with Crippen LogP contribution >= 0.6 is 23.2 Å². The first-order chi connectivity index (χ1) is 10.8. The second-order valence-electron chi connectivity index (χ2n) is 4.68. The highest BCUT2D eigenvalue weighted by Gasteiger charge is 2.18. The molecule has 120 valence electrons. The molecular weight excluding hydrogens is 343 g/mol. The van der Waals surface area contributed by atoms with Gasteiger partial charge in [0, 0.05) is 22.8 Å². The topological polar surface area (TPSA) is 81.5 Å². The number of amides is 1. The number of non-ortho nitro benzene ring substituents is 1. The number of nitro benzene ring substituents is 1. The monoisotopic (exact) mass is 354 g/mol. The molecule has 0 aliphatic carbocycles. The number of carbonyl (C=O) groups is 1. The molecule has 2 aromatic rings. The van der Waals surface area contributed by atoms with E-state index < -0.39 is 10.8 Å². The largest absolute Gasteiger partial charge is 0.494 e. The number of carbonyl (C=O) groups excluding carboxylic acids is 1. The molecule has 1 amide bonds. The van der Waals surface area contributed by atoms with Gasteiger partial charge in [0.2, 0.25) is 0 Å². The first-order valence-corrected chi connectivity index (χ1v) is 7.18. The SMILES string of the molecule is COc1c(Cl)cc(Cl)cc1C(=O)Nc1ccc([N+](=O)[O-])cc1C. The number of methoxy groups -OCH3 is 1. The molecule has 0 heterocycles. The van der Waals surface area contributed by atoms with E-state index in [1.807, 2.05) is 0 Å². The van der Waals surface area contributed by atoms with Gasteiger partial charge < -0.3 is 10.1 Å². The Morgan fingerprint density at radius 1 is 1.26 bits per heavy atom. The van der Waals surface area contributed by atoms with Gasteiger partial charge in [0.05, 0.1) is 22.6 Å². The molecule has 1 N–H and O–H groups in total. The maximum absolute atomic E-state index is 12.4. The van der Waals surface area contributed by atoms with Crippen molar-refractivity contribution in [3.63, 3.8) is 0 Å². The van der Waals surface area contributed by atoms with Crippen LogP contribution in [0.5, 0.6) is 5.75 Å². The van der Waals surface area contributed by atoms with Gasteiger partial charge in [-0.3, -0.25) is 14.9 Å². The maximum atomic E-state index is 12.4. The summed E-state index contributed by atoms with van der Waals surface area (Å²) in [4.78, 5) is 22.7. The van der Waals surface area contributed by atoms with Gasteiger partial charge in [-0.25, -0.2) is 0 Å². The zero-order valence-electron chi connectivity index (χ0n) is 12.2. The van der Waals surface area contributed by atoms with Crippen LogP contribution in [0, 0.1) is 17.0 Å². The quantitative estimate of drug-likeness (QED) is 0.648. The lowest BCUT2D eigenvalue weighted by molar-refractivity contribution is -0.384. The van der Waals surface area contributed by atoms with E-state index >= 15 is 0 Å². The molecule has 0 unspecified atom stereocenters. The van der Waals surface area contributed by atoms with Crippen LogP contribution in [0.25, 0.3) is 0 Å². The van der Waals surface area contributed by atoms with Crippen molar-refractivity contribution in [2.45, 2.75) is 6.92 Å². The molecule has 0 saturated heterocycles. The summed E-state index contributed by atoms with van der Waals surface area (Å²) < 4.78 is 5.13. The second-order valence-corrected chi connectivity index (χ2v) is 5.52. The number of aryl methyl sites for hydroxylation is 1. The van der Waals surface area contributed by atoms with Gasteiger partial charge in [-0.1, -0.05) is 23.2 Å². The van der Waals surface area contributed by atoms with E-state index in [2.05, 4.69) is 5.32 Å². The molecule has 0 radical (unpaired) electrons. The molecule has 8 heteroatoms. The van der Waals surface area contributed by atoms with Crippen molar-refractivity contribution < 1.29 is 14.5 Å². The number of nitrogens with one attached hydrogen (secondary N) is 1. The Morgan fingerprint density at radius 2 is 1.96 bits per heavy atom. The van der Waals surface area contributed by atoms with Gasteiger partial charge in [-0.05, 0) is 30.7 Å². The molecule has 0 atom stereocenters. The summed E-state index contributed by atoms with van der Waals surface area (Å²) in [5, 5.41) is 13.9. The first-order valence-electron chi connectivity index (χ1n) is 6.43. The predicted octanol–water partition coefficient (Wildman–Crippen LogP) is 4.47. The number of benzene rings is 2. The number of hydrogen-bond donors (Lipinski definition) is 1. The zero-order valence-corrected chi connectivity index (χ0v) is 13.7. The fourth-order valence-corrected chi connectivity index (χ4v) is 2.60. The fraction of sp³-hybridized carbons (Fsp3) is 0.133. The van der Waals surface area contributed by atoms with Gasteiger partial charge in [0.15, 0.2) is 0 Å². The molecule has 0 aliphatic rings. The van der Waals surface area contributed by atoms with Gasteiger partial charge in [-0.15, -0.1) is 0 Å². The van der Waals surface area contributed by atoms with Crippen LogP contribution in [0.3, 0.4) is 0 Å². The molecule has 0 fully saturated rings. The van der Waals surface area contributed by atoms with Crippen molar-refractivity contribution in [2.24, 2.45) is 0 Å². The van der Waals surface area contributed by atoms with Crippen LogP contribution < -0.4 is 10.1 Å². The summed E-state index contributed by atoms with van der Waals surface area (Å²) in [6.45, 7) is 1.66. The third kappa shape index (κ3) is 3.72. The van der Waals surface area contributed by atoms with Crippen molar-refractivity contribution in [2.75, 3.05) is 12.4 Å². The highest BCUT2D eigenvalue weighted by molar-refractivity contribution is 6.36. The summed E-state index contributed by atoms with van der Waals surface area (Å²) in [6, 6.07) is 7.05. The standard InChI is InChI=1S/C15H12Cl2N2O4/c1-8-5-10(19(21)22)3-4-13(8)18-15(20)11-6-9(16)7-12(17)14(11)23-2/h3-7H,1-2H3,(H,18,20). The molecule has 0 aromatic heterocycles. The van der Waals surface area contributed by atoms with Crippen molar-refractivity contribution >= 4 is 40.5 Å². The Morgan fingerprint density at radius 3 is 2.52 bits per heavy atom. The van der Waals surface area contributed by atoms with Crippen molar-refractivity contribution in [1.82, 2.24) is 0 Å². The normalized spacial score (nSPS) is 10.3. The number of halogens is 2. The summed E-state index contributed by atoms with van der Waals surface area (Å²) >= 11 is 11.9. The van der Waals surface area contributed by atoms with Gasteiger partial charge in [-0.2, -0.15) is 0 Å². The van der Waals surface area contributed by atoms with Gasteiger partial charge in [0.1, 0.15) is 5.75 Å². The highest BCUT2D eigenvalue weighted by Crippen LogP contribution is 2.33. The fourth-order valence-electron chi connectivity index (χ4n) is 2.03. The summed E-state index contributed by atoms with van der Waals surface area (Å²) in [6.07, 6.45) is 0. The Hall–Kier alpha value is -2.31. The van der Waals surface area contributed by atoms with E-state index in [-0.39, 0.29) is 22.0 Å². The van der Waals surface area contributed by atoms with E-state index in [0.717, 1.165) is 0 Å². The molecule has 2 rings (SSSR count). The number of hydrogen-bond acceptors (Lipinski definition) is 4. The summed E-state index contributed by atoms with van der Waals surface area (Å²) in [5.41, 5.74) is 1.12. The molecule has 0 spiro atoms. The maximum Gasteiger partial charge on any atom is 0.269 e. The number of anilines is 1. The zero-order chi connectivity index (χ0) is 17.1. The summed E-state index contributed by atoms with van der Waals surface area (Å²) in [7, 11) is 1.39. The second kappa shape index (κ2) is 6.85. The predicted molar refractivity (Wildman–Crippen MR) is 88.8 cm³/mol. The number of ether oxygens (including phenoxy) is 1. The van der Waals surface area contributed by atoms with E-state index in [1.165, 1.54) is 37.4 Å². The van der Waals surface area contributed by atoms with E-state index in [1.54, 1.807) is 6.92 Å². The average molecular weight is 355 g/mol. The van der Waals surface area contributed by atoms with Crippen LogP contribution in [-0.2, 0) is 0 Å². The summed E-state index contributed by atoms with van der Waals surface area (Å²) in [5.74, 6) is -0.281. The Labute approximate surface area is 142 Å². The molecule has 0 aliphatic heterocycles. The average Bonchev–Trinajstić information content (AvgIpc) is 2.48. The Kier molecular flexibility index (Phi) is 5.08. The number of nitro groups is 1. The third-order valence-electron chi connectivity index (χ3n) is 3.13. The van der Waals surface area contributed by atoms with Crippen molar-refractivity contribution in [3.8, 4) is 5.75 Å². The van der Waals surface area contributed by atoms with Crippen LogP contribution in [-0.4, -0.2) is 17.9 Å².